The quantitative estimate of drug-likeness (QED) is 0.279. The highest BCUT2D eigenvalue weighted by molar-refractivity contribution is 5.98. The van der Waals surface area contributed by atoms with Crippen LogP contribution < -0.4 is 19.7 Å². The fourth-order valence-electron chi connectivity index (χ4n) is 2.94. The number of hydrogen-bond donors (Lipinski definition) is 1. The second-order valence-electron chi connectivity index (χ2n) is 7.20. The van der Waals surface area contributed by atoms with Crippen LogP contribution in [0.4, 0.5) is 11.6 Å². The molecule has 0 saturated carbocycles. The predicted octanol–water partition coefficient (Wildman–Crippen LogP) is 4.62. The first-order valence-corrected chi connectivity index (χ1v) is 10.7. The summed E-state index contributed by atoms with van der Waals surface area (Å²) in [7, 11) is 1.59. The molecule has 0 aliphatic heterocycles. The maximum Gasteiger partial charge on any atom is 0.257 e. The molecule has 176 valence electrons. The van der Waals surface area contributed by atoms with Crippen LogP contribution in [-0.4, -0.2) is 38.5 Å². The molecule has 10 heteroatoms. The maximum absolute atomic E-state index is 5.60. The van der Waals surface area contributed by atoms with Crippen molar-refractivity contribution in [2.45, 2.75) is 13.8 Å². The Kier molecular flexibility index (Phi) is 7.54. The van der Waals surface area contributed by atoms with E-state index in [1.54, 1.807) is 31.9 Å². The number of aromatic nitrogens is 4. The van der Waals surface area contributed by atoms with Crippen molar-refractivity contribution in [1.82, 2.24) is 19.9 Å². The first-order valence-electron chi connectivity index (χ1n) is 10.7. The molecule has 0 amide bonds. The minimum atomic E-state index is 0.164. The van der Waals surface area contributed by atoms with E-state index in [0.29, 0.717) is 22.9 Å². The largest absolute Gasteiger partial charge is 0.495 e. The molecular formula is C25H23N7O3. The molecule has 1 N–H and O–H groups in total. The van der Waals surface area contributed by atoms with Gasteiger partial charge >= 0.3 is 0 Å². The van der Waals surface area contributed by atoms with Crippen molar-refractivity contribution in [2.75, 3.05) is 12.4 Å². The first kappa shape index (κ1) is 23.3. The number of oxime groups is 2. The molecule has 0 unspecified atom stereocenters. The molecule has 0 fully saturated rings. The lowest BCUT2D eigenvalue weighted by molar-refractivity contribution is 0.306. The number of methoxy groups -OCH3 is 1. The summed E-state index contributed by atoms with van der Waals surface area (Å²) < 4.78 is 5.40. The third-order valence-electron chi connectivity index (χ3n) is 4.78. The lowest BCUT2D eigenvalue weighted by Crippen LogP contribution is -2.04. The molecule has 0 aliphatic rings. The van der Waals surface area contributed by atoms with Gasteiger partial charge in [0, 0.05) is 35.9 Å². The summed E-state index contributed by atoms with van der Waals surface area (Å²) in [5.74, 6) is 1.17. The van der Waals surface area contributed by atoms with E-state index in [4.69, 9.17) is 14.4 Å². The van der Waals surface area contributed by atoms with Crippen molar-refractivity contribution in [3.05, 3.63) is 90.5 Å². The van der Waals surface area contributed by atoms with Gasteiger partial charge < -0.3 is 19.7 Å². The summed E-state index contributed by atoms with van der Waals surface area (Å²) in [6, 6.07) is 16.2. The van der Waals surface area contributed by atoms with Gasteiger partial charge in [-0.25, -0.2) is 0 Å². The topological polar surface area (TPSA) is 116 Å². The molecule has 0 aliphatic carbocycles. The van der Waals surface area contributed by atoms with Gasteiger partial charge in [0.25, 0.3) is 11.8 Å². The van der Waals surface area contributed by atoms with Crippen LogP contribution in [0.5, 0.6) is 17.5 Å². The third kappa shape index (κ3) is 6.35. The van der Waals surface area contributed by atoms with E-state index in [-0.39, 0.29) is 17.7 Å². The normalized spacial score (nSPS) is 11.6. The Morgan fingerprint density at radius 3 is 1.77 bits per heavy atom. The Morgan fingerprint density at radius 2 is 1.26 bits per heavy atom. The number of nitrogens with zero attached hydrogens (tertiary/aromatic N) is 6. The van der Waals surface area contributed by atoms with Gasteiger partial charge in [0.05, 0.1) is 30.3 Å². The van der Waals surface area contributed by atoms with Gasteiger partial charge in [-0.2, -0.15) is 9.97 Å². The van der Waals surface area contributed by atoms with Crippen LogP contribution in [0, 0.1) is 0 Å². The van der Waals surface area contributed by atoms with Crippen molar-refractivity contribution in [1.29, 1.82) is 0 Å². The van der Waals surface area contributed by atoms with Gasteiger partial charge in [0.15, 0.2) is 0 Å². The summed E-state index contributed by atoms with van der Waals surface area (Å²) in [6.45, 7) is 3.65. The number of rotatable bonds is 9. The molecule has 0 radical (unpaired) electrons. The highest BCUT2D eigenvalue weighted by Gasteiger charge is 2.11. The summed E-state index contributed by atoms with van der Waals surface area (Å²) in [6.07, 6.45) is 6.74. The second-order valence-corrected chi connectivity index (χ2v) is 7.20. The summed E-state index contributed by atoms with van der Waals surface area (Å²) in [4.78, 5) is 28.0. The number of nitrogens with one attached hydrogen (secondary N) is 1. The Hall–Kier alpha value is -4.86. The Labute approximate surface area is 202 Å². The van der Waals surface area contributed by atoms with Crippen molar-refractivity contribution >= 4 is 23.1 Å². The van der Waals surface area contributed by atoms with Crippen molar-refractivity contribution in [2.24, 2.45) is 10.3 Å². The van der Waals surface area contributed by atoms with Crippen LogP contribution in [0.3, 0.4) is 0 Å². The minimum absolute atomic E-state index is 0.164. The van der Waals surface area contributed by atoms with Crippen LogP contribution >= 0.6 is 0 Å². The van der Waals surface area contributed by atoms with E-state index in [2.05, 4.69) is 35.6 Å². The average Bonchev–Trinajstić information content (AvgIpc) is 2.91. The number of anilines is 2. The zero-order chi connectivity index (χ0) is 24.5. The number of hydrogen-bond acceptors (Lipinski definition) is 10. The predicted molar refractivity (Wildman–Crippen MR) is 132 cm³/mol. The molecule has 0 saturated heterocycles. The van der Waals surface area contributed by atoms with Gasteiger partial charge in [-0.3, -0.25) is 9.97 Å². The number of pyridine rings is 2. The van der Waals surface area contributed by atoms with Crippen LogP contribution in [-0.2, 0) is 0 Å². The SMILES string of the molecule is COc1ccccc1Nc1nc(ON=C(C)c2ccncc2)cc(ON=C(C)c2ccncc2)n1. The van der Waals surface area contributed by atoms with E-state index >= 15 is 0 Å². The number of para-hydroxylation sites is 2. The average molecular weight is 470 g/mol. The van der Waals surface area contributed by atoms with Crippen LogP contribution in [0.25, 0.3) is 0 Å². The van der Waals surface area contributed by atoms with Gasteiger partial charge in [-0.05, 0) is 50.2 Å². The molecule has 3 heterocycles. The Bertz CT molecular complexity index is 1250. The number of benzene rings is 1. The molecule has 0 atom stereocenters. The van der Waals surface area contributed by atoms with Crippen LogP contribution in [0.1, 0.15) is 25.0 Å². The fourth-order valence-corrected chi connectivity index (χ4v) is 2.94. The van der Waals surface area contributed by atoms with Crippen molar-refractivity contribution < 1.29 is 14.4 Å². The van der Waals surface area contributed by atoms with E-state index in [1.807, 2.05) is 62.4 Å². The molecular weight excluding hydrogens is 446 g/mol. The molecule has 0 bridgehead atoms. The second kappa shape index (κ2) is 11.3. The van der Waals surface area contributed by atoms with Crippen molar-refractivity contribution in [3.63, 3.8) is 0 Å². The Balaban J connectivity index is 1.62. The van der Waals surface area contributed by atoms with Gasteiger partial charge in [-0.1, -0.05) is 22.4 Å². The van der Waals surface area contributed by atoms with Crippen LogP contribution in [0.15, 0.2) is 89.7 Å². The maximum atomic E-state index is 5.60. The lowest BCUT2D eigenvalue weighted by Gasteiger charge is -2.11. The van der Waals surface area contributed by atoms with E-state index in [1.165, 1.54) is 6.07 Å². The fraction of sp³-hybridized carbons (Fsp3) is 0.120. The molecule has 35 heavy (non-hydrogen) atoms. The summed E-state index contributed by atoms with van der Waals surface area (Å²) in [5.41, 5.74) is 3.72. The molecule has 1 aromatic carbocycles. The zero-order valence-corrected chi connectivity index (χ0v) is 19.4. The van der Waals surface area contributed by atoms with Gasteiger partial charge in [0.1, 0.15) is 5.75 Å². The van der Waals surface area contributed by atoms with Gasteiger partial charge in [0.2, 0.25) is 5.95 Å². The molecule has 3 aromatic heterocycles. The van der Waals surface area contributed by atoms with E-state index < -0.39 is 0 Å². The number of ether oxygens (including phenoxy) is 1. The van der Waals surface area contributed by atoms with Crippen molar-refractivity contribution in [3.8, 4) is 17.5 Å². The highest BCUT2D eigenvalue weighted by atomic mass is 16.6. The highest BCUT2D eigenvalue weighted by Crippen LogP contribution is 2.27. The Morgan fingerprint density at radius 1 is 0.743 bits per heavy atom. The minimum Gasteiger partial charge on any atom is -0.495 e. The first-order chi connectivity index (χ1) is 17.1. The summed E-state index contributed by atoms with van der Waals surface area (Å²) >= 11 is 0. The molecule has 4 aromatic rings. The van der Waals surface area contributed by atoms with Crippen LogP contribution in [0.2, 0.25) is 0 Å². The van der Waals surface area contributed by atoms with E-state index in [0.717, 1.165) is 11.1 Å². The zero-order valence-electron chi connectivity index (χ0n) is 19.4. The van der Waals surface area contributed by atoms with Gasteiger partial charge in [-0.15, -0.1) is 0 Å². The smallest absolute Gasteiger partial charge is 0.257 e. The standard InChI is InChI=1S/C25H23N7O3/c1-17(19-8-12-26-13-9-19)31-34-23-16-24(35-32-18(2)20-10-14-27-15-11-20)30-25(29-23)28-21-6-4-5-7-22(21)33-3/h4-16H,1-3H3,(H,28,29,30). The molecule has 0 spiro atoms. The third-order valence-corrected chi connectivity index (χ3v) is 4.78. The molecule has 10 nitrogen and oxygen atoms in total. The molecule has 4 rings (SSSR count). The van der Waals surface area contributed by atoms with E-state index in [9.17, 15) is 0 Å². The lowest BCUT2D eigenvalue weighted by atomic mass is 10.2. The summed E-state index contributed by atoms with van der Waals surface area (Å²) in [5, 5.41) is 11.5. The monoisotopic (exact) mass is 469 g/mol.